The highest BCUT2D eigenvalue weighted by Gasteiger charge is 2.37. The zero-order valence-corrected chi connectivity index (χ0v) is 22.3. The van der Waals surface area contributed by atoms with Gasteiger partial charge in [0.15, 0.2) is 0 Å². The molecule has 1 aliphatic carbocycles. The minimum absolute atomic E-state index is 0.00535. The van der Waals surface area contributed by atoms with Crippen LogP contribution in [0.4, 0.5) is 4.79 Å². The summed E-state index contributed by atoms with van der Waals surface area (Å²) in [6, 6.07) is 12.6. The second-order valence-corrected chi connectivity index (χ2v) is 11.9. The molecule has 0 fully saturated rings. The Hall–Kier alpha value is -2.86. The molecular formula is C29H39NO5. The van der Waals surface area contributed by atoms with Crippen LogP contribution in [-0.4, -0.2) is 41.3 Å². The Morgan fingerprint density at radius 1 is 0.971 bits per heavy atom. The van der Waals surface area contributed by atoms with Gasteiger partial charge in [0.1, 0.15) is 11.4 Å². The van der Waals surface area contributed by atoms with Crippen molar-refractivity contribution in [3.8, 4) is 5.75 Å². The first-order valence-corrected chi connectivity index (χ1v) is 12.2. The summed E-state index contributed by atoms with van der Waals surface area (Å²) in [5.41, 5.74) is 3.12. The minimum atomic E-state index is -0.900. The summed E-state index contributed by atoms with van der Waals surface area (Å²) in [5.74, 6) is -0.0197. The number of amides is 1. The van der Waals surface area contributed by atoms with E-state index in [1.807, 2.05) is 12.1 Å². The number of esters is 1. The number of hydrogen-bond acceptors (Lipinski definition) is 5. The fourth-order valence-corrected chi connectivity index (χ4v) is 4.42. The van der Waals surface area contributed by atoms with E-state index in [2.05, 4.69) is 33.8 Å². The maximum atomic E-state index is 12.9. The standard InChI is InChI=1S/C29H39NO5/c1-27(2,3)35-26(33)30(8)18-24(31)19-9-12-21(13-10-19)34-25(32)20-11-14-22-23(17-20)29(6,7)16-15-28(22,4)5/h9-14,17,24,31H,15-16,18H2,1-8H3. The van der Waals surface area contributed by atoms with Crippen LogP contribution in [0.2, 0.25) is 0 Å². The number of nitrogens with zero attached hydrogens (tertiary/aromatic N) is 1. The van der Waals surface area contributed by atoms with Crippen molar-refractivity contribution in [3.63, 3.8) is 0 Å². The molecule has 2 aromatic rings. The number of fused-ring (bicyclic) bond motifs is 1. The zero-order chi connectivity index (χ0) is 26.2. The van der Waals surface area contributed by atoms with Crippen molar-refractivity contribution in [2.45, 2.75) is 83.8 Å². The van der Waals surface area contributed by atoms with E-state index in [4.69, 9.17) is 9.47 Å². The maximum absolute atomic E-state index is 12.9. The molecule has 190 valence electrons. The molecule has 6 nitrogen and oxygen atoms in total. The maximum Gasteiger partial charge on any atom is 0.410 e. The summed E-state index contributed by atoms with van der Waals surface area (Å²) in [7, 11) is 1.58. The minimum Gasteiger partial charge on any atom is -0.444 e. The van der Waals surface area contributed by atoms with E-state index in [-0.39, 0.29) is 17.4 Å². The van der Waals surface area contributed by atoms with Crippen LogP contribution in [0.5, 0.6) is 5.75 Å². The Morgan fingerprint density at radius 2 is 1.54 bits per heavy atom. The van der Waals surface area contributed by atoms with Gasteiger partial charge in [-0.15, -0.1) is 0 Å². The first kappa shape index (κ1) is 26.7. The van der Waals surface area contributed by atoms with E-state index in [0.717, 1.165) is 12.8 Å². The number of aliphatic hydroxyl groups excluding tert-OH is 1. The van der Waals surface area contributed by atoms with Crippen molar-refractivity contribution in [1.29, 1.82) is 0 Å². The molecule has 1 amide bonds. The van der Waals surface area contributed by atoms with E-state index in [0.29, 0.717) is 16.9 Å². The zero-order valence-electron chi connectivity index (χ0n) is 22.3. The van der Waals surface area contributed by atoms with Crippen molar-refractivity contribution >= 4 is 12.1 Å². The van der Waals surface area contributed by atoms with Crippen LogP contribution in [0.1, 0.15) is 94.5 Å². The molecule has 0 saturated heterocycles. The molecule has 0 aliphatic heterocycles. The van der Waals surface area contributed by atoms with E-state index in [9.17, 15) is 14.7 Å². The van der Waals surface area contributed by atoms with Gasteiger partial charge in [-0.1, -0.05) is 45.9 Å². The summed E-state index contributed by atoms with van der Waals surface area (Å²) in [4.78, 5) is 26.4. The number of rotatable bonds is 5. The molecule has 0 saturated carbocycles. The topological polar surface area (TPSA) is 76.1 Å². The summed E-state index contributed by atoms with van der Waals surface area (Å²) >= 11 is 0. The first-order valence-electron chi connectivity index (χ1n) is 12.2. The smallest absolute Gasteiger partial charge is 0.410 e. The van der Waals surface area contributed by atoms with Gasteiger partial charge in [0.2, 0.25) is 0 Å². The largest absolute Gasteiger partial charge is 0.444 e. The Kier molecular flexibility index (Phi) is 7.37. The molecule has 1 N–H and O–H groups in total. The number of hydrogen-bond donors (Lipinski definition) is 1. The second-order valence-electron chi connectivity index (χ2n) is 11.9. The Balaban J connectivity index is 1.67. The third-order valence-corrected chi connectivity index (χ3v) is 6.72. The predicted octanol–water partition coefficient (Wildman–Crippen LogP) is 6.16. The van der Waals surface area contributed by atoms with Crippen molar-refractivity contribution in [3.05, 3.63) is 64.7 Å². The van der Waals surface area contributed by atoms with Crippen LogP contribution < -0.4 is 4.74 Å². The quantitative estimate of drug-likeness (QED) is 0.409. The first-order chi connectivity index (χ1) is 16.1. The van der Waals surface area contributed by atoms with Crippen LogP contribution in [0, 0.1) is 0 Å². The monoisotopic (exact) mass is 481 g/mol. The van der Waals surface area contributed by atoms with Gasteiger partial charge in [0.25, 0.3) is 0 Å². The molecule has 35 heavy (non-hydrogen) atoms. The molecule has 0 bridgehead atoms. The van der Waals surface area contributed by atoms with Gasteiger partial charge in [0, 0.05) is 7.05 Å². The summed E-state index contributed by atoms with van der Waals surface area (Å²) in [5, 5.41) is 10.5. The van der Waals surface area contributed by atoms with E-state index in [1.165, 1.54) is 16.0 Å². The van der Waals surface area contributed by atoms with E-state index in [1.54, 1.807) is 52.1 Å². The van der Waals surface area contributed by atoms with Crippen molar-refractivity contribution in [2.75, 3.05) is 13.6 Å². The van der Waals surface area contributed by atoms with E-state index < -0.39 is 23.8 Å². The number of carbonyl (C=O) groups excluding carboxylic acids is 2. The lowest BCUT2D eigenvalue weighted by Gasteiger charge is -2.41. The third-order valence-electron chi connectivity index (χ3n) is 6.72. The molecule has 3 rings (SSSR count). The molecular weight excluding hydrogens is 442 g/mol. The van der Waals surface area contributed by atoms with Crippen molar-refractivity contribution in [2.24, 2.45) is 0 Å². The molecule has 1 atom stereocenters. The van der Waals surface area contributed by atoms with Crippen LogP contribution in [0.15, 0.2) is 42.5 Å². The number of ether oxygens (including phenoxy) is 2. The van der Waals surface area contributed by atoms with Gasteiger partial charge in [0.05, 0.1) is 18.2 Å². The molecule has 0 aromatic heterocycles. The number of aliphatic hydroxyl groups is 1. The lowest BCUT2D eigenvalue weighted by molar-refractivity contribution is 0.0205. The predicted molar refractivity (Wildman–Crippen MR) is 137 cm³/mol. The normalized spacial score (nSPS) is 17.2. The lowest BCUT2D eigenvalue weighted by atomic mass is 9.63. The van der Waals surface area contributed by atoms with Gasteiger partial charge in [-0.25, -0.2) is 9.59 Å². The van der Waals surface area contributed by atoms with Gasteiger partial charge in [-0.2, -0.15) is 0 Å². The summed E-state index contributed by atoms with van der Waals surface area (Å²) in [6.07, 6.45) is 0.781. The van der Waals surface area contributed by atoms with Crippen molar-refractivity contribution in [1.82, 2.24) is 4.90 Å². The Labute approximate surface area is 209 Å². The van der Waals surface area contributed by atoms with Gasteiger partial charge >= 0.3 is 12.1 Å². The number of carbonyl (C=O) groups is 2. The lowest BCUT2D eigenvalue weighted by Crippen LogP contribution is -2.36. The number of benzene rings is 2. The van der Waals surface area contributed by atoms with E-state index >= 15 is 0 Å². The fourth-order valence-electron chi connectivity index (χ4n) is 4.42. The molecule has 0 spiro atoms. The SMILES string of the molecule is CN(CC(O)c1ccc(OC(=O)c2ccc3c(c2)C(C)(C)CCC3(C)C)cc1)C(=O)OC(C)(C)C. The van der Waals surface area contributed by atoms with Gasteiger partial charge in [-0.05, 0) is 85.4 Å². The number of likely N-dealkylation sites (N-methyl/N-ethyl adjacent to an activating group) is 1. The third kappa shape index (κ3) is 6.43. The summed E-state index contributed by atoms with van der Waals surface area (Å²) < 4.78 is 10.9. The van der Waals surface area contributed by atoms with Gasteiger partial charge < -0.3 is 19.5 Å². The van der Waals surface area contributed by atoms with Crippen LogP contribution in [0.25, 0.3) is 0 Å². The van der Waals surface area contributed by atoms with Crippen molar-refractivity contribution < 1.29 is 24.2 Å². The molecule has 0 radical (unpaired) electrons. The molecule has 1 unspecified atom stereocenters. The average Bonchev–Trinajstić information content (AvgIpc) is 2.76. The fraction of sp³-hybridized carbons (Fsp3) is 0.517. The van der Waals surface area contributed by atoms with Crippen LogP contribution in [-0.2, 0) is 15.6 Å². The Bertz CT molecular complexity index is 1080. The molecule has 6 heteroatoms. The highest BCUT2D eigenvalue weighted by Crippen LogP contribution is 2.46. The highest BCUT2D eigenvalue weighted by atomic mass is 16.6. The average molecular weight is 482 g/mol. The molecule has 0 heterocycles. The van der Waals surface area contributed by atoms with Crippen LogP contribution in [0.3, 0.4) is 0 Å². The molecule has 1 aliphatic rings. The Morgan fingerprint density at radius 3 is 2.11 bits per heavy atom. The summed E-state index contributed by atoms with van der Waals surface area (Å²) in [6.45, 7) is 14.4. The van der Waals surface area contributed by atoms with Crippen LogP contribution >= 0.6 is 0 Å². The second kappa shape index (κ2) is 9.65. The highest BCUT2D eigenvalue weighted by molar-refractivity contribution is 5.91. The van der Waals surface area contributed by atoms with Gasteiger partial charge in [-0.3, -0.25) is 0 Å². The molecule has 2 aromatic carbocycles.